The van der Waals surface area contributed by atoms with Crippen molar-refractivity contribution in [3.63, 3.8) is 0 Å². The Balaban J connectivity index is 1.68. The zero-order valence-electron chi connectivity index (χ0n) is 23.0. The molecule has 210 valence electrons. The fourth-order valence-electron chi connectivity index (χ4n) is 5.47. The van der Waals surface area contributed by atoms with Crippen LogP contribution < -0.4 is 4.90 Å². The number of carbonyl (C=O) groups excluding carboxylic acids is 2. The first-order valence-corrected chi connectivity index (χ1v) is 13.9. The Morgan fingerprint density at radius 2 is 1.68 bits per heavy atom. The van der Waals surface area contributed by atoms with Crippen LogP contribution in [0, 0.1) is 12.7 Å². The van der Waals surface area contributed by atoms with Crippen molar-refractivity contribution in [1.82, 2.24) is 14.7 Å². The molecule has 0 aliphatic carbocycles. The van der Waals surface area contributed by atoms with E-state index in [-0.39, 0.29) is 17.8 Å². The number of likely N-dealkylation sites (tertiary alicyclic amines) is 1. The minimum absolute atomic E-state index is 0.237. The molecule has 1 aromatic heterocycles. The van der Waals surface area contributed by atoms with Crippen molar-refractivity contribution >= 4 is 41.0 Å². The highest BCUT2D eigenvalue weighted by atomic mass is 35.5. The largest absolute Gasteiger partial charge is 0.443 e. The minimum Gasteiger partial charge on any atom is -0.443 e. The number of aromatic nitrogens is 2. The normalized spacial score (nSPS) is 19.2. The molecular formula is C30H31Cl2FN4O3. The predicted molar refractivity (Wildman–Crippen MR) is 153 cm³/mol. The predicted octanol–water partition coefficient (Wildman–Crippen LogP) is 7.62. The first-order chi connectivity index (χ1) is 18.9. The van der Waals surface area contributed by atoms with Gasteiger partial charge in [-0.15, -0.1) is 0 Å². The first-order valence-electron chi connectivity index (χ1n) is 13.2. The van der Waals surface area contributed by atoms with Crippen LogP contribution >= 0.6 is 23.2 Å². The summed E-state index contributed by atoms with van der Waals surface area (Å²) in [5.41, 5.74) is 2.27. The van der Waals surface area contributed by atoms with E-state index in [0.29, 0.717) is 44.9 Å². The van der Waals surface area contributed by atoms with Crippen molar-refractivity contribution in [2.45, 2.75) is 65.1 Å². The number of allylic oxidation sites excluding steroid dienone is 1. The van der Waals surface area contributed by atoms with Gasteiger partial charge in [0.25, 0.3) is 5.91 Å². The lowest BCUT2D eigenvalue weighted by atomic mass is 9.93. The molecule has 5 rings (SSSR count). The molecule has 0 bridgehead atoms. The Hall–Kier alpha value is -3.36. The van der Waals surface area contributed by atoms with Crippen molar-refractivity contribution in [2.75, 3.05) is 11.4 Å². The van der Waals surface area contributed by atoms with Gasteiger partial charge in [-0.05, 0) is 82.9 Å². The molecule has 7 nitrogen and oxygen atoms in total. The molecule has 1 fully saturated rings. The van der Waals surface area contributed by atoms with Crippen LogP contribution in [-0.4, -0.2) is 38.8 Å². The molecule has 2 aliphatic rings. The van der Waals surface area contributed by atoms with Gasteiger partial charge in [0.05, 0.1) is 27.4 Å². The molecule has 0 unspecified atom stereocenters. The topological polar surface area (TPSA) is 67.7 Å². The van der Waals surface area contributed by atoms with Gasteiger partial charge in [0.1, 0.15) is 23.3 Å². The number of hydrogen-bond acceptors (Lipinski definition) is 4. The van der Waals surface area contributed by atoms with Gasteiger partial charge in [-0.3, -0.25) is 4.79 Å². The highest BCUT2D eigenvalue weighted by Crippen LogP contribution is 2.44. The van der Waals surface area contributed by atoms with Crippen LogP contribution in [0.15, 0.2) is 59.8 Å². The third kappa shape index (κ3) is 5.22. The lowest BCUT2D eigenvalue weighted by Gasteiger charge is -2.38. The second-order valence-electron chi connectivity index (χ2n) is 11.2. The summed E-state index contributed by atoms with van der Waals surface area (Å²) in [6.45, 7) is 9.46. The van der Waals surface area contributed by atoms with Crippen LogP contribution in [0.2, 0.25) is 10.0 Å². The number of nitrogens with zero attached hydrogens (tertiary/aromatic N) is 4. The van der Waals surface area contributed by atoms with Crippen LogP contribution in [0.25, 0.3) is 0 Å². The third-order valence-electron chi connectivity index (χ3n) is 7.14. The zero-order valence-corrected chi connectivity index (χ0v) is 24.6. The average molecular weight is 586 g/mol. The first kappa shape index (κ1) is 28.2. The Kier molecular flexibility index (Phi) is 7.44. The molecule has 0 spiro atoms. The van der Waals surface area contributed by atoms with E-state index in [1.165, 1.54) is 17.0 Å². The van der Waals surface area contributed by atoms with Gasteiger partial charge in [0.2, 0.25) is 0 Å². The van der Waals surface area contributed by atoms with Crippen LogP contribution in [0.4, 0.5) is 15.0 Å². The summed E-state index contributed by atoms with van der Waals surface area (Å²) in [5, 5.41) is 5.44. The molecule has 0 saturated carbocycles. The van der Waals surface area contributed by atoms with Crippen molar-refractivity contribution in [1.29, 1.82) is 0 Å². The summed E-state index contributed by atoms with van der Waals surface area (Å²) < 4.78 is 21.1. The van der Waals surface area contributed by atoms with E-state index in [9.17, 15) is 14.0 Å². The van der Waals surface area contributed by atoms with Crippen LogP contribution in [0.1, 0.15) is 69.4 Å². The van der Waals surface area contributed by atoms with Crippen LogP contribution in [-0.2, 0) is 9.53 Å². The molecule has 2 aromatic carbocycles. The number of ether oxygens (including phenoxy) is 1. The lowest BCUT2D eigenvalue weighted by Crippen LogP contribution is -2.44. The minimum atomic E-state index is -0.759. The summed E-state index contributed by atoms with van der Waals surface area (Å²) >= 11 is 12.7. The van der Waals surface area contributed by atoms with Crippen LogP contribution in [0.5, 0.6) is 0 Å². The Bertz CT molecular complexity index is 1510. The molecule has 0 radical (unpaired) electrons. The number of fused-ring (bicyclic) bond motifs is 1. The maximum absolute atomic E-state index is 14.6. The molecular weight excluding hydrogens is 554 g/mol. The van der Waals surface area contributed by atoms with E-state index in [4.69, 9.17) is 33.0 Å². The lowest BCUT2D eigenvalue weighted by molar-refractivity contribution is -0.128. The van der Waals surface area contributed by atoms with Crippen molar-refractivity contribution in [2.24, 2.45) is 0 Å². The van der Waals surface area contributed by atoms with Gasteiger partial charge in [0.15, 0.2) is 0 Å². The fourth-order valence-corrected chi connectivity index (χ4v) is 5.78. The number of halogens is 3. The molecule has 2 atom stereocenters. The molecule has 2 amide bonds. The Labute approximate surface area is 243 Å². The number of benzene rings is 2. The summed E-state index contributed by atoms with van der Waals surface area (Å²) in [6, 6.07) is 12.3. The maximum atomic E-state index is 14.6. The smallest absolute Gasteiger partial charge is 0.420 e. The zero-order chi connectivity index (χ0) is 28.9. The van der Waals surface area contributed by atoms with Gasteiger partial charge in [0, 0.05) is 18.3 Å². The average Bonchev–Trinajstić information content (AvgIpc) is 3.50. The van der Waals surface area contributed by atoms with E-state index in [1.807, 2.05) is 13.0 Å². The highest BCUT2D eigenvalue weighted by Gasteiger charge is 2.43. The number of carbonyl (C=O) groups is 2. The molecule has 40 heavy (non-hydrogen) atoms. The van der Waals surface area contributed by atoms with E-state index >= 15 is 0 Å². The highest BCUT2D eigenvalue weighted by molar-refractivity contribution is 6.42. The fraction of sp³-hybridized carbons (Fsp3) is 0.367. The molecule has 1 saturated heterocycles. The van der Waals surface area contributed by atoms with Crippen molar-refractivity contribution in [3.05, 3.63) is 92.5 Å². The Morgan fingerprint density at radius 1 is 1.00 bits per heavy atom. The van der Waals surface area contributed by atoms with Gasteiger partial charge < -0.3 is 9.64 Å². The number of hydrogen-bond donors (Lipinski definition) is 0. The number of anilines is 1. The molecule has 3 heterocycles. The van der Waals surface area contributed by atoms with Gasteiger partial charge >= 0.3 is 6.09 Å². The second kappa shape index (κ2) is 10.6. The molecule has 3 aromatic rings. The van der Waals surface area contributed by atoms with E-state index in [2.05, 4.69) is 0 Å². The second-order valence-corrected chi connectivity index (χ2v) is 12.0. The van der Waals surface area contributed by atoms with Crippen molar-refractivity contribution in [3.8, 4) is 0 Å². The quantitative estimate of drug-likeness (QED) is 0.317. The van der Waals surface area contributed by atoms with Gasteiger partial charge in [-0.1, -0.05) is 41.4 Å². The summed E-state index contributed by atoms with van der Waals surface area (Å²) in [6.07, 6.45) is 0.920. The van der Waals surface area contributed by atoms with Crippen molar-refractivity contribution < 1.29 is 18.7 Å². The standard InChI is InChI=1S/C30H31Cl2FN4O3/c1-17-15-25-36(29(39)40-30(3,4)5)18(2)26(27(37(25)34-17)20-10-13-22(31)23(32)16-20)28(38)35-14-6-7-24(35)19-8-11-21(33)12-9-19/h8-13,15-16,24,27H,6-7,14H2,1-5H3/t24-,27+/m0/s1. The summed E-state index contributed by atoms with van der Waals surface area (Å²) in [4.78, 5) is 31.4. The van der Waals surface area contributed by atoms with E-state index < -0.39 is 17.7 Å². The summed E-state index contributed by atoms with van der Waals surface area (Å²) in [5.74, 6) is -0.0964. The maximum Gasteiger partial charge on any atom is 0.420 e. The molecule has 0 N–H and O–H groups in total. The van der Waals surface area contributed by atoms with Gasteiger partial charge in [-0.25, -0.2) is 18.8 Å². The Morgan fingerprint density at radius 3 is 2.33 bits per heavy atom. The molecule has 2 aliphatic heterocycles. The monoisotopic (exact) mass is 584 g/mol. The van der Waals surface area contributed by atoms with Crippen LogP contribution in [0.3, 0.4) is 0 Å². The number of aryl methyl sites for hydroxylation is 1. The number of amides is 2. The third-order valence-corrected chi connectivity index (χ3v) is 7.88. The SMILES string of the molecule is CC1=C(C(=O)N2CCC[C@H]2c2ccc(F)cc2)[C@@H](c2ccc(Cl)c(Cl)c2)n2nc(C)cc2N1C(=O)OC(C)(C)C. The molecule has 10 heteroatoms. The van der Waals surface area contributed by atoms with Gasteiger partial charge in [-0.2, -0.15) is 5.10 Å². The van der Waals surface area contributed by atoms with E-state index in [0.717, 1.165) is 18.4 Å². The van der Waals surface area contributed by atoms with E-state index in [1.54, 1.807) is 67.6 Å². The number of rotatable bonds is 3. The summed E-state index contributed by atoms with van der Waals surface area (Å²) in [7, 11) is 0.